The van der Waals surface area contributed by atoms with E-state index >= 15 is 0 Å². The first kappa shape index (κ1) is 7.47. The maximum absolute atomic E-state index is 7.94. The summed E-state index contributed by atoms with van der Waals surface area (Å²) in [6.45, 7) is 0. The molecular weight excluding hydrogens is 140 g/mol. The Balaban J connectivity index is 3.34. The molecule has 42 valence electrons. The lowest BCUT2D eigenvalue weighted by Gasteiger charge is -1.81. The van der Waals surface area contributed by atoms with Crippen LogP contribution in [0.25, 0.3) is 0 Å². The third kappa shape index (κ3) is 5.47. The second-order valence-electron chi connectivity index (χ2n) is 0.869. The summed E-state index contributed by atoms with van der Waals surface area (Å²) in [6, 6.07) is 1.81. The van der Waals surface area contributed by atoms with Crippen molar-refractivity contribution in [2.75, 3.05) is 0 Å². The summed E-state index contributed by atoms with van der Waals surface area (Å²) in [7, 11) is 0. The van der Waals surface area contributed by atoms with Crippen molar-refractivity contribution in [1.82, 2.24) is 0 Å². The zero-order chi connectivity index (χ0) is 6.41. The van der Waals surface area contributed by atoms with E-state index in [0.29, 0.717) is 4.32 Å². The number of thiocarbonyl (C=S) groups is 1. The highest BCUT2D eigenvalue weighted by Crippen LogP contribution is 1.99. The maximum Gasteiger partial charge on any atom is 0.135 e. The Kier molecular flexibility index (Phi) is 4.32. The molecule has 4 heteroatoms. The molecule has 0 saturated carbocycles. The van der Waals surface area contributed by atoms with Crippen LogP contribution in [0.4, 0.5) is 0 Å². The average Bonchev–Trinajstić information content (AvgIpc) is 1.66. The molecule has 8 heavy (non-hydrogen) atoms. The molecule has 0 saturated heterocycles. The predicted molar refractivity (Wildman–Crippen MR) is 39.1 cm³/mol. The first-order valence-electron chi connectivity index (χ1n) is 1.78. The molecule has 2 nitrogen and oxygen atoms in total. The smallest absolute Gasteiger partial charge is 0.135 e. The molecule has 0 aromatic carbocycles. The molecule has 0 radical (unpaired) electrons. The number of thioether (sulfide) groups is 1. The van der Waals surface area contributed by atoms with Crippen LogP contribution < -0.4 is 5.73 Å². The summed E-state index contributed by atoms with van der Waals surface area (Å²) in [5.74, 6) is 0. The van der Waals surface area contributed by atoms with Gasteiger partial charge < -0.3 is 5.73 Å². The number of nitriles is 1. The molecule has 0 aliphatic heterocycles. The fraction of sp³-hybridized carbons (Fsp3) is 0. The zero-order valence-electron chi connectivity index (χ0n) is 4.00. The highest BCUT2D eigenvalue weighted by Gasteiger charge is 1.78. The minimum absolute atomic E-state index is 0.330. The van der Waals surface area contributed by atoms with Crippen molar-refractivity contribution in [2.24, 2.45) is 5.73 Å². The van der Waals surface area contributed by atoms with Crippen molar-refractivity contribution < 1.29 is 0 Å². The van der Waals surface area contributed by atoms with Gasteiger partial charge in [-0.05, 0) is 5.41 Å². The summed E-state index contributed by atoms with van der Waals surface area (Å²) in [6.07, 6.45) is 1.32. The van der Waals surface area contributed by atoms with Crippen molar-refractivity contribution in [2.45, 2.75) is 0 Å². The van der Waals surface area contributed by atoms with Crippen molar-refractivity contribution in [3.05, 3.63) is 11.5 Å². The Morgan fingerprint density at radius 3 is 2.88 bits per heavy atom. The summed E-state index contributed by atoms with van der Waals surface area (Å²) in [5.41, 5.74) is 5.07. The van der Waals surface area contributed by atoms with E-state index in [1.54, 1.807) is 11.5 Å². The molecule has 0 atom stereocenters. The highest BCUT2D eigenvalue weighted by molar-refractivity contribution is 8.24. The fourth-order valence-corrected chi connectivity index (χ4v) is 0.561. The van der Waals surface area contributed by atoms with Crippen LogP contribution in [0.2, 0.25) is 0 Å². The Morgan fingerprint density at radius 1 is 1.88 bits per heavy atom. The molecule has 0 aromatic heterocycles. The van der Waals surface area contributed by atoms with E-state index < -0.39 is 0 Å². The van der Waals surface area contributed by atoms with E-state index in [-0.39, 0.29) is 0 Å². The molecule has 0 unspecified atom stereocenters. The number of hydrogen-bond donors (Lipinski definition) is 1. The zero-order valence-corrected chi connectivity index (χ0v) is 5.63. The number of rotatable bonds is 1. The molecule has 0 aliphatic carbocycles. The summed E-state index contributed by atoms with van der Waals surface area (Å²) < 4.78 is 0.330. The minimum atomic E-state index is 0.330. The minimum Gasteiger partial charge on any atom is -0.384 e. The van der Waals surface area contributed by atoms with Gasteiger partial charge in [0.15, 0.2) is 0 Å². The van der Waals surface area contributed by atoms with E-state index in [0.717, 1.165) is 11.8 Å². The SMILES string of the molecule is N#CC=CSC(N)=S. The van der Waals surface area contributed by atoms with E-state index in [9.17, 15) is 0 Å². The molecule has 0 rings (SSSR count). The predicted octanol–water partition coefficient (Wildman–Crippen LogP) is 1.00. The first-order chi connectivity index (χ1) is 3.77. The summed E-state index contributed by atoms with van der Waals surface area (Å²) in [4.78, 5) is 0. The average molecular weight is 144 g/mol. The van der Waals surface area contributed by atoms with E-state index in [1.165, 1.54) is 6.08 Å². The van der Waals surface area contributed by atoms with Crippen LogP contribution in [0.1, 0.15) is 0 Å². The Labute approximate surface area is 57.4 Å². The van der Waals surface area contributed by atoms with Crippen LogP contribution in [0.3, 0.4) is 0 Å². The molecule has 0 amide bonds. The number of allylic oxidation sites excluding steroid dienone is 1. The first-order valence-corrected chi connectivity index (χ1v) is 3.07. The van der Waals surface area contributed by atoms with Crippen LogP contribution in [0, 0.1) is 11.3 Å². The van der Waals surface area contributed by atoms with Crippen LogP contribution in [-0.4, -0.2) is 4.32 Å². The van der Waals surface area contributed by atoms with Gasteiger partial charge >= 0.3 is 0 Å². The lowest BCUT2D eigenvalue weighted by Crippen LogP contribution is -1.98. The topological polar surface area (TPSA) is 49.8 Å². The Bertz CT molecular complexity index is 145. The molecular formula is C4H4N2S2. The molecule has 0 aromatic rings. The van der Waals surface area contributed by atoms with E-state index in [4.69, 9.17) is 11.0 Å². The van der Waals surface area contributed by atoms with Gasteiger partial charge in [-0.1, -0.05) is 24.0 Å². The lowest BCUT2D eigenvalue weighted by atomic mass is 10.7. The van der Waals surface area contributed by atoms with Crippen LogP contribution >= 0.6 is 24.0 Å². The van der Waals surface area contributed by atoms with Gasteiger partial charge in [0.1, 0.15) is 4.32 Å². The quantitative estimate of drug-likeness (QED) is 0.440. The van der Waals surface area contributed by atoms with Crippen molar-refractivity contribution in [3.63, 3.8) is 0 Å². The van der Waals surface area contributed by atoms with Gasteiger partial charge in [-0.2, -0.15) is 5.26 Å². The third-order valence-corrected chi connectivity index (χ3v) is 1.12. The van der Waals surface area contributed by atoms with Crippen LogP contribution in [0.5, 0.6) is 0 Å². The molecule has 0 heterocycles. The monoisotopic (exact) mass is 144 g/mol. The van der Waals surface area contributed by atoms with E-state index in [2.05, 4.69) is 12.2 Å². The van der Waals surface area contributed by atoms with Gasteiger partial charge in [0.25, 0.3) is 0 Å². The van der Waals surface area contributed by atoms with Crippen LogP contribution in [-0.2, 0) is 0 Å². The number of hydrogen-bond acceptors (Lipinski definition) is 3. The molecule has 0 bridgehead atoms. The molecule has 0 spiro atoms. The normalized spacial score (nSPS) is 8.88. The fourth-order valence-electron chi connectivity index (χ4n) is 0.132. The molecule has 2 N–H and O–H groups in total. The van der Waals surface area contributed by atoms with Gasteiger partial charge in [0.2, 0.25) is 0 Å². The Hall–Kier alpha value is -0.530. The van der Waals surface area contributed by atoms with E-state index in [1.807, 2.05) is 0 Å². The van der Waals surface area contributed by atoms with Crippen molar-refractivity contribution >= 4 is 28.3 Å². The van der Waals surface area contributed by atoms with Crippen LogP contribution in [0.15, 0.2) is 11.5 Å². The van der Waals surface area contributed by atoms with Gasteiger partial charge in [0.05, 0.1) is 6.07 Å². The van der Waals surface area contributed by atoms with Crippen molar-refractivity contribution in [1.29, 1.82) is 5.26 Å². The molecule has 0 fully saturated rings. The summed E-state index contributed by atoms with van der Waals surface area (Å²) >= 11 is 5.65. The highest BCUT2D eigenvalue weighted by atomic mass is 32.2. The second kappa shape index (κ2) is 4.62. The van der Waals surface area contributed by atoms with Gasteiger partial charge in [-0.3, -0.25) is 0 Å². The standard InChI is InChI=1S/C4H4N2S2/c5-2-1-3-8-4(6)7/h1,3H,(H2,6,7). The maximum atomic E-state index is 7.94. The third-order valence-electron chi connectivity index (χ3n) is 0.327. The molecule has 0 aliphatic rings. The number of nitrogens with zero attached hydrogens (tertiary/aromatic N) is 1. The van der Waals surface area contributed by atoms with Gasteiger partial charge in [-0.25, -0.2) is 0 Å². The lowest BCUT2D eigenvalue weighted by molar-refractivity contribution is 1.54. The number of nitrogens with two attached hydrogens (primary N) is 1. The van der Waals surface area contributed by atoms with Gasteiger partial charge in [-0.15, -0.1) is 0 Å². The van der Waals surface area contributed by atoms with Gasteiger partial charge in [0, 0.05) is 6.08 Å². The van der Waals surface area contributed by atoms with Crippen molar-refractivity contribution in [3.8, 4) is 6.07 Å². The largest absolute Gasteiger partial charge is 0.384 e. The Morgan fingerprint density at radius 2 is 2.50 bits per heavy atom. The summed E-state index contributed by atoms with van der Waals surface area (Å²) in [5, 5.41) is 9.49. The second-order valence-corrected chi connectivity index (χ2v) is 2.51.